The molecule has 0 spiro atoms. The van der Waals surface area contributed by atoms with E-state index in [1.807, 2.05) is 32.0 Å². The minimum absolute atomic E-state index is 0.00179. The number of nitrogens with one attached hydrogen (secondary N) is 1. The first-order chi connectivity index (χ1) is 10.5. The van der Waals surface area contributed by atoms with Crippen molar-refractivity contribution < 1.29 is 9.21 Å². The van der Waals surface area contributed by atoms with Crippen molar-refractivity contribution in [2.24, 2.45) is 0 Å². The maximum Gasteiger partial charge on any atom is 0.291 e. The third-order valence-corrected chi connectivity index (χ3v) is 3.62. The Morgan fingerprint density at radius 2 is 1.77 bits per heavy atom. The van der Waals surface area contributed by atoms with E-state index < -0.39 is 5.91 Å². The van der Waals surface area contributed by atoms with Gasteiger partial charge in [-0.25, -0.2) is 0 Å². The number of hydrogen-bond donors (Lipinski definition) is 1. The highest BCUT2D eigenvalue weighted by atomic mass is 16.3. The number of hydrogen-bond acceptors (Lipinski definition) is 3. The monoisotopic (exact) mass is 293 g/mol. The van der Waals surface area contributed by atoms with E-state index in [-0.39, 0.29) is 11.2 Å². The van der Waals surface area contributed by atoms with Crippen LogP contribution < -0.4 is 10.7 Å². The molecule has 3 rings (SSSR count). The Hall–Kier alpha value is -2.88. The minimum atomic E-state index is -0.439. The van der Waals surface area contributed by atoms with Crippen molar-refractivity contribution in [1.29, 1.82) is 0 Å². The summed E-state index contributed by atoms with van der Waals surface area (Å²) in [5.74, 6) is -0.437. The summed E-state index contributed by atoms with van der Waals surface area (Å²) >= 11 is 0. The topological polar surface area (TPSA) is 59.3 Å². The fourth-order valence-corrected chi connectivity index (χ4v) is 2.23. The lowest BCUT2D eigenvalue weighted by Crippen LogP contribution is -2.15. The van der Waals surface area contributed by atoms with Crippen LogP contribution in [0.1, 0.15) is 21.7 Å². The highest BCUT2D eigenvalue weighted by Gasteiger charge is 2.12. The van der Waals surface area contributed by atoms with Crippen molar-refractivity contribution in [2.75, 3.05) is 5.32 Å². The summed E-state index contributed by atoms with van der Waals surface area (Å²) in [5.41, 5.74) is 3.07. The molecule has 1 N–H and O–H groups in total. The average Bonchev–Trinajstić information content (AvgIpc) is 2.51. The molecule has 0 aliphatic carbocycles. The summed E-state index contributed by atoms with van der Waals surface area (Å²) in [6.07, 6.45) is 0. The van der Waals surface area contributed by atoms with Crippen LogP contribution in [-0.2, 0) is 0 Å². The van der Waals surface area contributed by atoms with Crippen molar-refractivity contribution in [2.45, 2.75) is 13.8 Å². The number of anilines is 1. The molecule has 0 saturated heterocycles. The molecular weight excluding hydrogens is 278 g/mol. The first kappa shape index (κ1) is 14.1. The second-order valence-electron chi connectivity index (χ2n) is 5.22. The summed E-state index contributed by atoms with van der Waals surface area (Å²) in [5, 5.41) is 3.21. The van der Waals surface area contributed by atoms with Crippen LogP contribution >= 0.6 is 0 Å². The van der Waals surface area contributed by atoms with Crippen LogP contribution in [0.5, 0.6) is 0 Å². The van der Waals surface area contributed by atoms with E-state index in [0.717, 1.165) is 11.1 Å². The van der Waals surface area contributed by atoms with Gasteiger partial charge in [-0.2, -0.15) is 0 Å². The molecule has 0 aliphatic rings. The van der Waals surface area contributed by atoms with Gasteiger partial charge in [0.2, 0.25) is 0 Å². The normalized spacial score (nSPS) is 10.6. The number of aryl methyl sites for hydroxylation is 2. The zero-order chi connectivity index (χ0) is 15.7. The lowest BCUT2D eigenvalue weighted by atomic mass is 10.1. The van der Waals surface area contributed by atoms with Gasteiger partial charge < -0.3 is 9.73 Å². The molecule has 0 fully saturated rings. The highest BCUT2D eigenvalue weighted by Crippen LogP contribution is 2.16. The first-order valence-corrected chi connectivity index (χ1v) is 6.96. The second-order valence-corrected chi connectivity index (χ2v) is 5.22. The van der Waals surface area contributed by atoms with Crippen LogP contribution in [0.2, 0.25) is 0 Å². The molecule has 2 aromatic carbocycles. The molecule has 1 aromatic heterocycles. The van der Waals surface area contributed by atoms with Crippen molar-refractivity contribution in [3.63, 3.8) is 0 Å². The smallest absolute Gasteiger partial charge is 0.291 e. The Balaban J connectivity index is 1.95. The second kappa shape index (κ2) is 5.48. The Kier molecular flexibility index (Phi) is 3.51. The highest BCUT2D eigenvalue weighted by molar-refractivity contribution is 6.03. The average molecular weight is 293 g/mol. The molecule has 0 aliphatic heterocycles. The quantitative estimate of drug-likeness (QED) is 0.784. The zero-order valence-corrected chi connectivity index (χ0v) is 12.3. The van der Waals surface area contributed by atoms with E-state index in [1.165, 1.54) is 6.07 Å². The number of benzene rings is 2. The largest absolute Gasteiger partial charge is 0.451 e. The zero-order valence-electron chi connectivity index (χ0n) is 12.3. The molecule has 1 heterocycles. The molecule has 0 unspecified atom stereocenters. The number of rotatable bonds is 2. The third-order valence-electron chi connectivity index (χ3n) is 3.62. The van der Waals surface area contributed by atoms with Gasteiger partial charge in [-0.15, -0.1) is 0 Å². The van der Waals surface area contributed by atoms with Gasteiger partial charge in [0.1, 0.15) is 5.58 Å². The van der Waals surface area contributed by atoms with E-state index in [1.54, 1.807) is 24.3 Å². The molecular formula is C18H15NO3. The molecule has 0 atom stereocenters. The molecule has 4 heteroatoms. The van der Waals surface area contributed by atoms with Gasteiger partial charge in [-0.3, -0.25) is 9.59 Å². The van der Waals surface area contributed by atoms with E-state index in [2.05, 4.69) is 5.32 Å². The van der Waals surface area contributed by atoms with E-state index in [9.17, 15) is 9.59 Å². The van der Waals surface area contributed by atoms with Crippen LogP contribution in [0.3, 0.4) is 0 Å². The summed E-state index contributed by atoms with van der Waals surface area (Å²) in [6, 6.07) is 13.7. The summed E-state index contributed by atoms with van der Waals surface area (Å²) in [4.78, 5) is 24.3. The number of amides is 1. The molecule has 0 bridgehead atoms. The van der Waals surface area contributed by atoms with Gasteiger partial charge in [0.25, 0.3) is 5.91 Å². The van der Waals surface area contributed by atoms with Crippen LogP contribution in [0, 0.1) is 13.8 Å². The maximum absolute atomic E-state index is 12.3. The summed E-state index contributed by atoms with van der Waals surface area (Å²) in [7, 11) is 0. The standard InChI is InChI=1S/C18H15NO3/c1-11-7-8-13(9-12(11)2)19-18(21)17-10-15(20)14-5-3-4-6-16(14)22-17/h3-10H,1-2H3,(H,19,21). The molecule has 0 radical (unpaired) electrons. The first-order valence-electron chi connectivity index (χ1n) is 6.96. The van der Waals surface area contributed by atoms with Crippen LogP contribution in [0.15, 0.2) is 57.7 Å². The lowest BCUT2D eigenvalue weighted by molar-refractivity contribution is 0.0997. The van der Waals surface area contributed by atoms with Gasteiger partial charge >= 0.3 is 0 Å². The SMILES string of the molecule is Cc1ccc(NC(=O)c2cc(=O)c3ccccc3o2)cc1C. The van der Waals surface area contributed by atoms with Crippen LogP contribution in [-0.4, -0.2) is 5.91 Å². The predicted octanol–water partition coefficient (Wildman–Crippen LogP) is 3.66. The molecule has 22 heavy (non-hydrogen) atoms. The number of para-hydroxylation sites is 1. The van der Waals surface area contributed by atoms with Crippen LogP contribution in [0.25, 0.3) is 11.0 Å². The number of carbonyl (C=O) groups excluding carboxylic acids is 1. The summed E-state index contributed by atoms with van der Waals surface area (Å²) < 4.78 is 5.52. The van der Waals surface area contributed by atoms with Gasteiger partial charge in [0, 0.05) is 11.8 Å². The minimum Gasteiger partial charge on any atom is -0.451 e. The molecule has 0 saturated carbocycles. The molecule has 3 aromatic rings. The van der Waals surface area contributed by atoms with E-state index in [4.69, 9.17) is 4.42 Å². The van der Waals surface area contributed by atoms with Gasteiger partial charge in [-0.05, 0) is 49.2 Å². The fraction of sp³-hybridized carbons (Fsp3) is 0.111. The van der Waals surface area contributed by atoms with Crippen molar-refractivity contribution in [1.82, 2.24) is 0 Å². The van der Waals surface area contributed by atoms with E-state index in [0.29, 0.717) is 16.7 Å². The Morgan fingerprint density at radius 1 is 1.00 bits per heavy atom. The van der Waals surface area contributed by atoms with Gasteiger partial charge in [0.05, 0.1) is 5.39 Å². The predicted molar refractivity (Wildman–Crippen MR) is 86.4 cm³/mol. The number of carbonyl (C=O) groups is 1. The Morgan fingerprint density at radius 3 is 2.55 bits per heavy atom. The summed E-state index contributed by atoms with van der Waals surface area (Å²) in [6.45, 7) is 3.98. The van der Waals surface area contributed by atoms with Gasteiger partial charge in [-0.1, -0.05) is 18.2 Å². The van der Waals surface area contributed by atoms with Crippen molar-refractivity contribution in [3.8, 4) is 0 Å². The van der Waals surface area contributed by atoms with Crippen molar-refractivity contribution in [3.05, 3.63) is 75.6 Å². The molecule has 4 nitrogen and oxygen atoms in total. The third kappa shape index (κ3) is 2.63. The van der Waals surface area contributed by atoms with Crippen LogP contribution in [0.4, 0.5) is 5.69 Å². The van der Waals surface area contributed by atoms with Crippen molar-refractivity contribution >= 4 is 22.6 Å². The van der Waals surface area contributed by atoms with E-state index >= 15 is 0 Å². The maximum atomic E-state index is 12.3. The molecule has 110 valence electrons. The Labute approximate surface area is 127 Å². The van der Waals surface area contributed by atoms with Gasteiger partial charge in [0.15, 0.2) is 11.2 Å². The lowest BCUT2D eigenvalue weighted by Gasteiger charge is -2.07. The Bertz CT molecular complexity index is 925. The fourth-order valence-electron chi connectivity index (χ4n) is 2.23. The molecule has 1 amide bonds. The number of fused-ring (bicyclic) bond motifs is 1.